The minimum absolute atomic E-state index is 0.00502. The van der Waals surface area contributed by atoms with E-state index >= 15 is 0 Å². The first-order valence-electron chi connectivity index (χ1n) is 6.37. The van der Waals surface area contributed by atoms with Crippen molar-refractivity contribution < 1.29 is 9.47 Å². The largest absolute Gasteiger partial charge is 0.486 e. The molecule has 1 atom stereocenters. The number of para-hydroxylation sites is 1. The van der Waals surface area contributed by atoms with Crippen molar-refractivity contribution in [2.75, 3.05) is 13.7 Å². The van der Waals surface area contributed by atoms with E-state index < -0.39 is 0 Å². The monoisotopic (exact) mass is 269 g/mol. The molecule has 1 aromatic carbocycles. The standard InChI is InChI=1S/C14H20ClNO2/c1-10(9-17-2)18-14-11(4-3-5-13(14)15)8-16-12-6-7-12/h3-5,10,12,16H,6-9H2,1-2H3. The lowest BCUT2D eigenvalue weighted by atomic mass is 10.2. The van der Waals surface area contributed by atoms with E-state index in [1.165, 1.54) is 12.8 Å². The van der Waals surface area contributed by atoms with E-state index in [0.717, 1.165) is 17.9 Å². The first-order valence-corrected chi connectivity index (χ1v) is 6.75. The number of hydrogen-bond donors (Lipinski definition) is 1. The molecule has 1 N–H and O–H groups in total. The van der Waals surface area contributed by atoms with Crippen molar-refractivity contribution >= 4 is 11.6 Å². The van der Waals surface area contributed by atoms with E-state index in [9.17, 15) is 0 Å². The predicted octanol–water partition coefficient (Wildman–Crippen LogP) is 3.01. The second kappa shape index (κ2) is 6.41. The van der Waals surface area contributed by atoms with Gasteiger partial charge in [0.25, 0.3) is 0 Å². The number of methoxy groups -OCH3 is 1. The van der Waals surface area contributed by atoms with Crippen molar-refractivity contribution in [3.05, 3.63) is 28.8 Å². The van der Waals surface area contributed by atoms with E-state index in [2.05, 4.69) is 11.4 Å². The Balaban J connectivity index is 2.04. The normalized spacial score (nSPS) is 16.6. The highest BCUT2D eigenvalue weighted by Gasteiger charge is 2.21. The summed E-state index contributed by atoms with van der Waals surface area (Å²) in [5.74, 6) is 0.775. The van der Waals surface area contributed by atoms with Crippen LogP contribution in [0.15, 0.2) is 18.2 Å². The molecule has 3 nitrogen and oxygen atoms in total. The van der Waals surface area contributed by atoms with Gasteiger partial charge < -0.3 is 14.8 Å². The van der Waals surface area contributed by atoms with Gasteiger partial charge in [0.2, 0.25) is 0 Å². The summed E-state index contributed by atoms with van der Waals surface area (Å²) in [5.41, 5.74) is 1.11. The number of halogens is 1. The summed E-state index contributed by atoms with van der Waals surface area (Å²) in [6.45, 7) is 3.34. The van der Waals surface area contributed by atoms with Crippen LogP contribution in [0, 0.1) is 0 Å². The third kappa shape index (κ3) is 3.87. The zero-order chi connectivity index (χ0) is 13.0. The maximum atomic E-state index is 6.21. The van der Waals surface area contributed by atoms with Crippen molar-refractivity contribution in [3.63, 3.8) is 0 Å². The number of rotatable bonds is 7. The maximum Gasteiger partial charge on any atom is 0.142 e. The molecular formula is C14H20ClNO2. The molecular weight excluding hydrogens is 250 g/mol. The minimum Gasteiger partial charge on any atom is -0.486 e. The summed E-state index contributed by atoms with van der Waals surface area (Å²) in [7, 11) is 1.67. The van der Waals surface area contributed by atoms with Gasteiger partial charge >= 0.3 is 0 Å². The Kier molecular flexibility index (Phi) is 4.87. The summed E-state index contributed by atoms with van der Waals surface area (Å²) < 4.78 is 11.0. The van der Waals surface area contributed by atoms with Crippen molar-refractivity contribution in [2.24, 2.45) is 0 Å². The Morgan fingerprint density at radius 3 is 2.89 bits per heavy atom. The van der Waals surface area contributed by atoms with Crippen molar-refractivity contribution in [2.45, 2.75) is 38.5 Å². The van der Waals surface area contributed by atoms with Crippen LogP contribution in [0.1, 0.15) is 25.3 Å². The van der Waals surface area contributed by atoms with Crippen LogP contribution in [-0.2, 0) is 11.3 Å². The molecule has 1 aliphatic carbocycles. The number of benzene rings is 1. The molecule has 0 amide bonds. The molecule has 0 aliphatic heterocycles. The highest BCUT2D eigenvalue weighted by molar-refractivity contribution is 6.32. The van der Waals surface area contributed by atoms with Crippen LogP contribution in [0.25, 0.3) is 0 Å². The molecule has 0 bridgehead atoms. The average Bonchev–Trinajstić information content (AvgIpc) is 3.14. The Bertz CT molecular complexity index is 393. The van der Waals surface area contributed by atoms with E-state index in [4.69, 9.17) is 21.1 Å². The van der Waals surface area contributed by atoms with Crippen LogP contribution in [0.3, 0.4) is 0 Å². The highest BCUT2D eigenvalue weighted by Crippen LogP contribution is 2.30. The zero-order valence-corrected chi connectivity index (χ0v) is 11.7. The van der Waals surface area contributed by atoms with Gasteiger partial charge in [-0.25, -0.2) is 0 Å². The van der Waals surface area contributed by atoms with Gasteiger partial charge in [-0.2, -0.15) is 0 Å². The molecule has 1 aliphatic rings. The van der Waals surface area contributed by atoms with Crippen LogP contribution < -0.4 is 10.1 Å². The van der Waals surface area contributed by atoms with Gasteiger partial charge in [-0.1, -0.05) is 23.7 Å². The van der Waals surface area contributed by atoms with Gasteiger partial charge in [0.05, 0.1) is 11.6 Å². The molecule has 0 radical (unpaired) electrons. The van der Waals surface area contributed by atoms with Crippen LogP contribution >= 0.6 is 11.6 Å². The number of ether oxygens (including phenoxy) is 2. The summed E-state index contributed by atoms with van der Waals surface area (Å²) in [4.78, 5) is 0. The minimum atomic E-state index is -0.00502. The molecule has 0 saturated heterocycles. The molecule has 0 heterocycles. The van der Waals surface area contributed by atoms with Crippen molar-refractivity contribution in [1.82, 2.24) is 5.32 Å². The fraction of sp³-hybridized carbons (Fsp3) is 0.571. The summed E-state index contributed by atoms with van der Waals surface area (Å²) in [6.07, 6.45) is 2.54. The average molecular weight is 270 g/mol. The zero-order valence-electron chi connectivity index (χ0n) is 10.9. The lowest BCUT2D eigenvalue weighted by Crippen LogP contribution is -2.21. The summed E-state index contributed by atoms with van der Waals surface area (Å²) in [5, 5.41) is 4.14. The van der Waals surface area contributed by atoms with Gasteiger partial charge in [-0.15, -0.1) is 0 Å². The van der Waals surface area contributed by atoms with Crippen molar-refractivity contribution in [3.8, 4) is 5.75 Å². The van der Waals surface area contributed by atoms with Gasteiger partial charge in [-0.05, 0) is 25.8 Å². The van der Waals surface area contributed by atoms with E-state index in [1.54, 1.807) is 7.11 Å². The maximum absolute atomic E-state index is 6.21. The summed E-state index contributed by atoms with van der Waals surface area (Å²) in [6, 6.07) is 6.54. The molecule has 1 fully saturated rings. The molecule has 1 saturated carbocycles. The third-order valence-corrected chi connectivity index (χ3v) is 3.23. The lowest BCUT2D eigenvalue weighted by molar-refractivity contribution is 0.0914. The van der Waals surface area contributed by atoms with Gasteiger partial charge in [-0.3, -0.25) is 0 Å². The molecule has 0 spiro atoms. The lowest BCUT2D eigenvalue weighted by Gasteiger charge is -2.18. The highest BCUT2D eigenvalue weighted by atomic mass is 35.5. The molecule has 18 heavy (non-hydrogen) atoms. The Labute approximate surface area is 113 Å². The Hall–Kier alpha value is -0.770. The first-order chi connectivity index (χ1) is 8.70. The van der Waals surface area contributed by atoms with Crippen LogP contribution in [0.2, 0.25) is 5.02 Å². The van der Waals surface area contributed by atoms with E-state index in [-0.39, 0.29) is 6.10 Å². The van der Waals surface area contributed by atoms with Gasteiger partial charge in [0, 0.05) is 25.3 Å². The molecule has 0 aromatic heterocycles. The first kappa shape index (κ1) is 13.7. The molecule has 4 heteroatoms. The second-order valence-corrected chi connectivity index (χ2v) is 5.17. The Morgan fingerprint density at radius 2 is 2.22 bits per heavy atom. The van der Waals surface area contributed by atoms with Crippen LogP contribution in [-0.4, -0.2) is 25.9 Å². The fourth-order valence-electron chi connectivity index (χ4n) is 1.84. The number of hydrogen-bond acceptors (Lipinski definition) is 3. The van der Waals surface area contributed by atoms with Crippen molar-refractivity contribution in [1.29, 1.82) is 0 Å². The van der Waals surface area contributed by atoms with E-state index in [1.807, 2.05) is 19.1 Å². The van der Waals surface area contributed by atoms with Crippen LogP contribution in [0.4, 0.5) is 0 Å². The Morgan fingerprint density at radius 1 is 1.44 bits per heavy atom. The van der Waals surface area contributed by atoms with Gasteiger partial charge in [0.15, 0.2) is 0 Å². The van der Waals surface area contributed by atoms with E-state index in [0.29, 0.717) is 17.7 Å². The van der Waals surface area contributed by atoms with Crippen LogP contribution in [0.5, 0.6) is 5.75 Å². The summed E-state index contributed by atoms with van der Waals surface area (Å²) >= 11 is 6.21. The third-order valence-electron chi connectivity index (χ3n) is 2.93. The quantitative estimate of drug-likeness (QED) is 0.825. The molecule has 1 aromatic rings. The number of nitrogens with one attached hydrogen (secondary N) is 1. The van der Waals surface area contributed by atoms with Gasteiger partial charge in [0.1, 0.15) is 11.9 Å². The molecule has 100 valence electrons. The second-order valence-electron chi connectivity index (χ2n) is 4.77. The molecule has 1 unspecified atom stereocenters. The molecule has 2 rings (SSSR count). The topological polar surface area (TPSA) is 30.5 Å². The fourth-order valence-corrected chi connectivity index (χ4v) is 2.08. The predicted molar refractivity (Wildman–Crippen MR) is 73.3 cm³/mol. The smallest absolute Gasteiger partial charge is 0.142 e. The SMILES string of the molecule is COCC(C)Oc1c(Cl)cccc1CNC1CC1.